The number of amides is 1. The lowest BCUT2D eigenvalue weighted by Gasteiger charge is -2.40. The van der Waals surface area contributed by atoms with Crippen LogP contribution >= 0.6 is 11.6 Å². The first-order valence-electron chi connectivity index (χ1n) is 7.05. The topological polar surface area (TPSA) is 32.3 Å². The molecule has 0 saturated carbocycles. The number of piperidine rings is 1. The molecule has 1 unspecified atom stereocenters. The minimum atomic E-state index is -0.424. The van der Waals surface area contributed by atoms with Gasteiger partial charge in [-0.05, 0) is 44.0 Å². The lowest BCUT2D eigenvalue weighted by Crippen LogP contribution is -2.47. The average molecular weight is 297 g/mol. The summed E-state index contributed by atoms with van der Waals surface area (Å²) in [6.45, 7) is 3.45. The van der Waals surface area contributed by atoms with Gasteiger partial charge in [0.25, 0.3) is 5.91 Å². The Bertz CT molecular complexity index is 529. The normalized spacial score (nSPS) is 26.2. The highest BCUT2D eigenvalue weighted by molar-refractivity contribution is 6.33. The second-order valence-corrected chi connectivity index (χ2v) is 6.29. The molecule has 2 aliphatic rings. The van der Waals surface area contributed by atoms with E-state index in [-0.39, 0.29) is 16.9 Å². The summed E-state index contributed by atoms with van der Waals surface area (Å²) in [6.07, 6.45) is 3.26. The number of likely N-dealkylation sites (tertiary alicyclic amines) is 1. The zero-order valence-electron chi connectivity index (χ0n) is 11.3. The minimum Gasteiger partial charge on any atom is -0.338 e. The molecule has 0 aromatic heterocycles. The number of hydrogen-bond acceptors (Lipinski definition) is 2. The quantitative estimate of drug-likeness (QED) is 0.864. The maximum absolute atomic E-state index is 13.3. The molecule has 1 N–H and O–H groups in total. The fraction of sp³-hybridized carbons (Fsp3) is 0.533. The van der Waals surface area contributed by atoms with Gasteiger partial charge in [0.2, 0.25) is 0 Å². The summed E-state index contributed by atoms with van der Waals surface area (Å²) in [5.41, 5.74) is 0.475. The Kier molecular flexibility index (Phi) is 3.69. The van der Waals surface area contributed by atoms with E-state index in [4.69, 9.17) is 11.6 Å². The summed E-state index contributed by atoms with van der Waals surface area (Å²) in [4.78, 5) is 14.4. The van der Waals surface area contributed by atoms with Gasteiger partial charge in [-0.15, -0.1) is 0 Å². The predicted molar refractivity (Wildman–Crippen MR) is 76.5 cm³/mol. The molecule has 1 amide bonds. The maximum atomic E-state index is 13.3. The highest BCUT2D eigenvalue weighted by Crippen LogP contribution is 2.36. The van der Waals surface area contributed by atoms with Crippen LogP contribution in [0.15, 0.2) is 18.2 Å². The number of nitrogens with one attached hydrogen (secondary N) is 1. The third-order valence-corrected chi connectivity index (χ3v) is 4.77. The fourth-order valence-electron chi connectivity index (χ4n) is 3.36. The lowest BCUT2D eigenvalue weighted by molar-refractivity contribution is 0.0553. The smallest absolute Gasteiger partial charge is 0.255 e. The largest absolute Gasteiger partial charge is 0.338 e. The number of rotatable bonds is 1. The van der Waals surface area contributed by atoms with Gasteiger partial charge in [-0.2, -0.15) is 0 Å². The monoisotopic (exact) mass is 296 g/mol. The van der Waals surface area contributed by atoms with Gasteiger partial charge < -0.3 is 10.2 Å². The van der Waals surface area contributed by atoms with Crippen LogP contribution in [0.1, 0.15) is 29.6 Å². The van der Waals surface area contributed by atoms with Crippen LogP contribution in [0.25, 0.3) is 0 Å². The number of carbonyl (C=O) groups is 1. The molecule has 1 atom stereocenters. The van der Waals surface area contributed by atoms with Crippen molar-refractivity contribution in [1.29, 1.82) is 0 Å². The molecule has 0 radical (unpaired) electrons. The molecule has 108 valence electrons. The molecule has 20 heavy (non-hydrogen) atoms. The van der Waals surface area contributed by atoms with Crippen molar-refractivity contribution in [3.05, 3.63) is 34.6 Å². The van der Waals surface area contributed by atoms with Crippen molar-refractivity contribution in [3.8, 4) is 0 Å². The minimum absolute atomic E-state index is 0.152. The summed E-state index contributed by atoms with van der Waals surface area (Å²) < 4.78 is 13.3. The molecule has 2 heterocycles. The summed E-state index contributed by atoms with van der Waals surface area (Å²) in [6, 6.07) is 3.96. The van der Waals surface area contributed by atoms with Gasteiger partial charge in [0, 0.05) is 25.0 Å². The zero-order valence-corrected chi connectivity index (χ0v) is 12.0. The van der Waals surface area contributed by atoms with Crippen LogP contribution in [-0.4, -0.2) is 37.0 Å². The van der Waals surface area contributed by atoms with Gasteiger partial charge in [-0.1, -0.05) is 11.6 Å². The van der Waals surface area contributed by atoms with Crippen molar-refractivity contribution in [2.45, 2.75) is 19.3 Å². The molecule has 1 aromatic carbocycles. The number of carbonyl (C=O) groups excluding carboxylic acids is 1. The maximum Gasteiger partial charge on any atom is 0.255 e. The highest BCUT2D eigenvalue weighted by Gasteiger charge is 2.39. The Morgan fingerprint density at radius 2 is 2.25 bits per heavy atom. The number of nitrogens with zero attached hydrogens (tertiary/aromatic N) is 1. The Balaban J connectivity index is 1.81. The molecular weight excluding hydrogens is 279 g/mol. The standard InChI is InChI=1S/C15H18ClFN2O/c16-13-3-2-11(17)8-12(13)14(20)19-7-1-4-15(10-19)5-6-18-9-15/h2-3,8,18H,1,4-7,9-10H2. The van der Waals surface area contributed by atoms with Crippen LogP contribution in [0, 0.1) is 11.2 Å². The second-order valence-electron chi connectivity index (χ2n) is 5.88. The van der Waals surface area contributed by atoms with E-state index in [9.17, 15) is 9.18 Å². The second kappa shape index (κ2) is 5.34. The van der Waals surface area contributed by atoms with Crippen LogP contribution in [0.5, 0.6) is 0 Å². The van der Waals surface area contributed by atoms with Crippen LogP contribution < -0.4 is 5.32 Å². The van der Waals surface area contributed by atoms with Crippen LogP contribution in [0.3, 0.4) is 0 Å². The van der Waals surface area contributed by atoms with Crippen molar-refractivity contribution < 1.29 is 9.18 Å². The van der Waals surface area contributed by atoms with Crippen molar-refractivity contribution in [2.75, 3.05) is 26.2 Å². The molecule has 2 aliphatic heterocycles. The first-order chi connectivity index (χ1) is 9.60. The average Bonchev–Trinajstić information content (AvgIpc) is 2.88. The lowest BCUT2D eigenvalue weighted by atomic mass is 9.79. The molecule has 3 rings (SSSR count). The Morgan fingerprint density at radius 1 is 1.40 bits per heavy atom. The Hall–Kier alpha value is -1.13. The summed E-state index contributed by atoms with van der Waals surface area (Å²) >= 11 is 6.03. The summed E-state index contributed by atoms with van der Waals surface area (Å²) in [5.74, 6) is -0.576. The fourth-order valence-corrected chi connectivity index (χ4v) is 3.56. The van der Waals surface area contributed by atoms with Gasteiger partial charge in [-0.3, -0.25) is 4.79 Å². The molecular formula is C15H18ClFN2O. The molecule has 3 nitrogen and oxygen atoms in total. The molecule has 1 aromatic rings. The molecule has 0 aliphatic carbocycles. The molecule has 2 fully saturated rings. The number of hydrogen-bond donors (Lipinski definition) is 1. The van der Waals surface area contributed by atoms with Gasteiger partial charge >= 0.3 is 0 Å². The molecule has 2 saturated heterocycles. The number of benzene rings is 1. The van der Waals surface area contributed by atoms with E-state index in [2.05, 4.69) is 5.32 Å². The molecule has 5 heteroatoms. The van der Waals surface area contributed by atoms with Crippen LogP contribution in [-0.2, 0) is 0 Å². The van der Waals surface area contributed by atoms with E-state index < -0.39 is 5.82 Å². The zero-order chi connectivity index (χ0) is 14.2. The van der Waals surface area contributed by atoms with E-state index in [1.165, 1.54) is 18.2 Å². The van der Waals surface area contributed by atoms with Gasteiger partial charge in [0.15, 0.2) is 0 Å². The Morgan fingerprint density at radius 3 is 3.00 bits per heavy atom. The third-order valence-electron chi connectivity index (χ3n) is 4.44. The van der Waals surface area contributed by atoms with E-state index >= 15 is 0 Å². The van der Waals surface area contributed by atoms with E-state index in [0.29, 0.717) is 5.02 Å². The van der Waals surface area contributed by atoms with Gasteiger partial charge in [-0.25, -0.2) is 4.39 Å². The van der Waals surface area contributed by atoms with Crippen molar-refractivity contribution in [3.63, 3.8) is 0 Å². The number of halogens is 2. The molecule has 1 spiro atoms. The van der Waals surface area contributed by atoms with Crippen LogP contribution in [0.2, 0.25) is 5.02 Å². The first-order valence-corrected chi connectivity index (χ1v) is 7.43. The van der Waals surface area contributed by atoms with E-state index in [1.54, 1.807) is 0 Å². The SMILES string of the molecule is O=C(c1cc(F)ccc1Cl)N1CCCC2(CCNC2)C1. The van der Waals surface area contributed by atoms with E-state index in [0.717, 1.165) is 45.4 Å². The van der Waals surface area contributed by atoms with Gasteiger partial charge in [0.05, 0.1) is 10.6 Å². The predicted octanol–water partition coefficient (Wildman–Crippen LogP) is 2.69. The third kappa shape index (κ3) is 2.54. The van der Waals surface area contributed by atoms with Gasteiger partial charge in [0.1, 0.15) is 5.82 Å². The van der Waals surface area contributed by atoms with Crippen molar-refractivity contribution in [1.82, 2.24) is 10.2 Å². The van der Waals surface area contributed by atoms with Crippen molar-refractivity contribution >= 4 is 17.5 Å². The van der Waals surface area contributed by atoms with Crippen LogP contribution in [0.4, 0.5) is 4.39 Å². The summed E-state index contributed by atoms with van der Waals surface area (Å²) in [7, 11) is 0. The van der Waals surface area contributed by atoms with Crippen molar-refractivity contribution in [2.24, 2.45) is 5.41 Å². The summed E-state index contributed by atoms with van der Waals surface area (Å²) in [5, 5.41) is 3.70. The first kappa shape index (κ1) is 13.8. The highest BCUT2D eigenvalue weighted by atomic mass is 35.5. The van der Waals surface area contributed by atoms with E-state index in [1.807, 2.05) is 4.90 Å². The molecule has 0 bridgehead atoms. The Labute approximate surface area is 123 Å².